The number of piperidine rings is 1. The smallest absolute Gasteiger partial charge is 0.0195 e. The van der Waals surface area contributed by atoms with Gasteiger partial charge in [-0.25, -0.2) is 0 Å². The average Bonchev–Trinajstić information content (AvgIpc) is 2.89. The Morgan fingerprint density at radius 3 is 2.78 bits per heavy atom. The average molecular weight is 244 g/mol. The number of nitrogens with zero attached hydrogens (tertiary/aromatic N) is 1. The first-order valence-corrected chi connectivity index (χ1v) is 7.42. The molecule has 2 saturated heterocycles. The Bertz CT molecular complexity index is 357. The molecule has 0 saturated carbocycles. The summed E-state index contributed by atoms with van der Waals surface area (Å²) >= 11 is 0. The van der Waals surface area contributed by atoms with Gasteiger partial charge in [0.25, 0.3) is 0 Å². The van der Waals surface area contributed by atoms with E-state index in [1.54, 1.807) is 0 Å². The van der Waals surface area contributed by atoms with Gasteiger partial charge in [-0.05, 0) is 43.8 Å². The number of benzene rings is 1. The van der Waals surface area contributed by atoms with Crippen LogP contribution < -0.4 is 5.32 Å². The van der Waals surface area contributed by atoms with Gasteiger partial charge in [0.15, 0.2) is 0 Å². The van der Waals surface area contributed by atoms with Crippen molar-refractivity contribution >= 4 is 0 Å². The summed E-state index contributed by atoms with van der Waals surface area (Å²) in [5, 5.41) is 3.66. The van der Waals surface area contributed by atoms with Crippen LogP contribution in [0.4, 0.5) is 0 Å². The van der Waals surface area contributed by atoms with Gasteiger partial charge in [0.05, 0.1) is 0 Å². The second-order valence-electron chi connectivity index (χ2n) is 5.80. The molecule has 18 heavy (non-hydrogen) atoms. The fraction of sp³-hybridized carbons (Fsp3) is 0.625. The molecule has 2 heterocycles. The van der Waals surface area contributed by atoms with Crippen molar-refractivity contribution in [1.82, 2.24) is 10.2 Å². The van der Waals surface area contributed by atoms with Gasteiger partial charge in [0, 0.05) is 19.1 Å². The van der Waals surface area contributed by atoms with E-state index in [1.807, 2.05) is 0 Å². The maximum Gasteiger partial charge on any atom is 0.0195 e. The highest BCUT2D eigenvalue weighted by Crippen LogP contribution is 2.27. The van der Waals surface area contributed by atoms with E-state index in [9.17, 15) is 0 Å². The summed E-state index contributed by atoms with van der Waals surface area (Å²) in [6, 6.07) is 11.8. The third-order valence-corrected chi connectivity index (χ3v) is 4.43. The molecule has 1 aromatic rings. The number of likely N-dealkylation sites (tertiary alicyclic amines) is 1. The lowest BCUT2D eigenvalue weighted by molar-refractivity contribution is 0.261. The zero-order chi connectivity index (χ0) is 12.2. The first-order valence-electron chi connectivity index (χ1n) is 7.42. The van der Waals surface area contributed by atoms with Crippen LogP contribution in [0.5, 0.6) is 0 Å². The Morgan fingerprint density at radius 1 is 1.11 bits per heavy atom. The Hall–Kier alpha value is -0.860. The molecule has 0 aromatic heterocycles. The lowest BCUT2D eigenvalue weighted by atomic mass is 9.99. The second-order valence-corrected chi connectivity index (χ2v) is 5.80. The highest BCUT2D eigenvalue weighted by molar-refractivity contribution is 5.21. The minimum absolute atomic E-state index is 0.744. The number of nitrogens with one attached hydrogen (secondary N) is 1. The SMILES string of the molecule is c1ccc(C2CCN(CC3CCCCN3)C2)cc1. The van der Waals surface area contributed by atoms with Crippen molar-refractivity contribution in [2.75, 3.05) is 26.2 Å². The molecule has 2 atom stereocenters. The van der Waals surface area contributed by atoms with Crippen LogP contribution in [-0.2, 0) is 0 Å². The largest absolute Gasteiger partial charge is 0.313 e. The topological polar surface area (TPSA) is 15.3 Å². The maximum absolute atomic E-state index is 3.66. The van der Waals surface area contributed by atoms with Crippen LogP contribution >= 0.6 is 0 Å². The molecule has 0 radical (unpaired) electrons. The van der Waals surface area contributed by atoms with Crippen molar-refractivity contribution in [2.45, 2.75) is 37.6 Å². The third kappa shape index (κ3) is 2.93. The highest BCUT2D eigenvalue weighted by Gasteiger charge is 2.25. The van der Waals surface area contributed by atoms with Crippen LogP contribution in [-0.4, -0.2) is 37.1 Å². The Kier molecular flexibility index (Phi) is 3.96. The molecule has 2 heteroatoms. The van der Waals surface area contributed by atoms with E-state index in [0.29, 0.717) is 0 Å². The summed E-state index contributed by atoms with van der Waals surface area (Å²) in [6.45, 7) is 5.00. The Morgan fingerprint density at radius 2 is 2.00 bits per heavy atom. The summed E-state index contributed by atoms with van der Waals surface area (Å²) in [7, 11) is 0. The number of hydrogen-bond acceptors (Lipinski definition) is 2. The molecule has 2 fully saturated rings. The summed E-state index contributed by atoms with van der Waals surface area (Å²) in [6.07, 6.45) is 5.47. The minimum atomic E-state index is 0.744. The van der Waals surface area contributed by atoms with Gasteiger partial charge in [-0.15, -0.1) is 0 Å². The fourth-order valence-electron chi connectivity index (χ4n) is 3.39. The molecule has 0 amide bonds. The third-order valence-electron chi connectivity index (χ3n) is 4.43. The quantitative estimate of drug-likeness (QED) is 0.879. The molecule has 0 spiro atoms. The normalized spacial score (nSPS) is 29.6. The van der Waals surface area contributed by atoms with Gasteiger partial charge in [0.1, 0.15) is 0 Å². The van der Waals surface area contributed by atoms with Gasteiger partial charge >= 0.3 is 0 Å². The summed E-state index contributed by atoms with van der Waals surface area (Å²) < 4.78 is 0. The molecule has 98 valence electrons. The molecule has 1 aromatic carbocycles. The van der Waals surface area contributed by atoms with Crippen molar-refractivity contribution in [3.05, 3.63) is 35.9 Å². The standard InChI is InChI=1S/C16H24N2/c1-2-6-14(7-3-1)15-9-11-18(12-15)13-16-8-4-5-10-17-16/h1-3,6-7,15-17H,4-5,8-13H2. The zero-order valence-corrected chi connectivity index (χ0v) is 11.1. The molecule has 2 aliphatic heterocycles. The van der Waals surface area contributed by atoms with Gasteiger partial charge in [-0.1, -0.05) is 36.8 Å². The molecule has 1 N–H and O–H groups in total. The lowest BCUT2D eigenvalue weighted by Crippen LogP contribution is -2.42. The van der Waals surface area contributed by atoms with E-state index in [2.05, 4.69) is 40.5 Å². The maximum atomic E-state index is 3.66. The van der Waals surface area contributed by atoms with Crippen molar-refractivity contribution in [3.63, 3.8) is 0 Å². The first-order chi connectivity index (χ1) is 8.92. The first kappa shape index (κ1) is 12.2. The van der Waals surface area contributed by atoms with Crippen molar-refractivity contribution < 1.29 is 0 Å². The van der Waals surface area contributed by atoms with Gasteiger partial charge in [0.2, 0.25) is 0 Å². The van der Waals surface area contributed by atoms with Crippen LogP contribution in [0.3, 0.4) is 0 Å². The minimum Gasteiger partial charge on any atom is -0.313 e. The van der Waals surface area contributed by atoms with Crippen LogP contribution in [0.25, 0.3) is 0 Å². The predicted molar refractivity (Wildman–Crippen MR) is 75.9 cm³/mol. The van der Waals surface area contributed by atoms with E-state index in [0.717, 1.165) is 12.0 Å². The van der Waals surface area contributed by atoms with E-state index in [-0.39, 0.29) is 0 Å². The van der Waals surface area contributed by atoms with Crippen molar-refractivity contribution in [1.29, 1.82) is 0 Å². The predicted octanol–water partition coefficient (Wildman–Crippen LogP) is 2.62. The molecular weight excluding hydrogens is 220 g/mol. The van der Waals surface area contributed by atoms with Crippen LogP contribution in [0.15, 0.2) is 30.3 Å². The zero-order valence-electron chi connectivity index (χ0n) is 11.1. The Balaban J connectivity index is 1.52. The van der Waals surface area contributed by atoms with Crippen LogP contribution in [0, 0.1) is 0 Å². The summed E-state index contributed by atoms with van der Waals surface area (Å²) in [5.41, 5.74) is 1.52. The molecule has 0 bridgehead atoms. The number of rotatable bonds is 3. The van der Waals surface area contributed by atoms with Crippen molar-refractivity contribution in [3.8, 4) is 0 Å². The van der Waals surface area contributed by atoms with Gasteiger partial charge in [-0.2, -0.15) is 0 Å². The second kappa shape index (κ2) is 5.85. The molecule has 0 aliphatic carbocycles. The Labute approximate surface area is 110 Å². The monoisotopic (exact) mass is 244 g/mol. The van der Waals surface area contributed by atoms with E-state index >= 15 is 0 Å². The van der Waals surface area contributed by atoms with Gasteiger partial charge in [-0.3, -0.25) is 0 Å². The molecule has 2 unspecified atom stereocenters. The summed E-state index contributed by atoms with van der Waals surface area (Å²) in [4.78, 5) is 2.65. The van der Waals surface area contributed by atoms with E-state index in [1.165, 1.54) is 57.4 Å². The molecule has 2 aliphatic rings. The van der Waals surface area contributed by atoms with Crippen LogP contribution in [0.2, 0.25) is 0 Å². The van der Waals surface area contributed by atoms with Crippen molar-refractivity contribution in [2.24, 2.45) is 0 Å². The molecular formula is C16H24N2. The molecule has 2 nitrogen and oxygen atoms in total. The van der Waals surface area contributed by atoms with E-state index in [4.69, 9.17) is 0 Å². The van der Waals surface area contributed by atoms with Crippen LogP contribution in [0.1, 0.15) is 37.2 Å². The van der Waals surface area contributed by atoms with E-state index < -0.39 is 0 Å². The highest BCUT2D eigenvalue weighted by atomic mass is 15.2. The molecule has 3 rings (SSSR count). The fourth-order valence-corrected chi connectivity index (χ4v) is 3.39. The summed E-state index contributed by atoms with van der Waals surface area (Å²) in [5.74, 6) is 0.759. The van der Waals surface area contributed by atoms with Gasteiger partial charge < -0.3 is 10.2 Å². The lowest BCUT2D eigenvalue weighted by Gasteiger charge is -2.28. The number of hydrogen-bond donors (Lipinski definition) is 1.